The first-order chi connectivity index (χ1) is 15.0. The molecule has 7 heteroatoms. The Morgan fingerprint density at radius 2 is 1.84 bits per heavy atom. The summed E-state index contributed by atoms with van der Waals surface area (Å²) in [5, 5.41) is 2.84. The number of nitrogens with one attached hydrogen (secondary N) is 1. The first kappa shape index (κ1) is 20.9. The van der Waals surface area contributed by atoms with Crippen LogP contribution >= 0.6 is 0 Å². The normalized spacial score (nSPS) is 23.0. The van der Waals surface area contributed by atoms with E-state index in [0.717, 1.165) is 24.2 Å². The molecule has 1 saturated heterocycles. The Balaban J connectivity index is 1.38. The lowest BCUT2D eigenvalue weighted by Crippen LogP contribution is -2.54. The van der Waals surface area contributed by atoms with Gasteiger partial charge in [-0.25, -0.2) is 4.79 Å². The number of ether oxygens (including phenoxy) is 2. The molecule has 3 amide bonds. The molecule has 2 atom stereocenters. The van der Waals surface area contributed by atoms with Gasteiger partial charge in [-0.2, -0.15) is 0 Å². The number of rotatable bonds is 6. The first-order valence-electron chi connectivity index (χ1n) is 10.6. The SMILES string of the molecule is C[C@@H]1CCCC[C@]12NC(=O)N(CC(=O)OCc1ccccc1Oc1ccccc1)C2=O. The Bertz CT molecular complexity index is 977. The molecule has 0 aromatic heterocycles. The molecule has 1 aliphatic heterocycles. The van der Waals surface area contributed by atoms with Gasteiger partial charge in [0.05, 0.1) is 0 Å². The van der Waals surface area contributed by atoms with Crippen LogP contribution in [0.1, 0.15) is 38.2 Å². The maximum atomic E-state index is 13.0. The molecule has 31 heavy (non-hydrogen) atoms. The van der Waals surface area contributed by atoms with E-state index in [9.17, 15) is 14.4 Å². The molecule has 1 spiro atoms. The number of carbonyl (C=O) groups is 3. The number of hydrogen-bond donors (Lipinski definition) is 1. The lowest BCUT2D eigenvalue weighted by molar-refractivity contribution is -0.149. The van der Waals surface area contributed by atoms with Gasteiger partial charge in [0.15, 0.2) is 0 Å². The number of amides is 3. The second-order valence-electron chi connectivity index (χ2n) is 8.12. The van der Waals surface area contributed by atoms with Crippen molar-refractivity contribution in [3.05, 3.63) is 60.2 Å². The minimum Gasteiger partial charge on any atom is -0.459 e. The molecule has 2 aromatic carbocycles. The molecule has 2 aromatic rings. The summed E-state index contributed by atoms with van der Waals surface area (Å²) in [5.74, 6) is 0.327. The number of esters is 1. The average Bonchev–Trinajstić information content (AvgIpc) is 3.01. The zero-order valence-electron chi connectivity index (χ0n) is 17.5. The fraction of sp³-hybridized carbons (Fsp3) is 0.375. The number of nitrogens with zero attached hydrogens (tertiary/aromatic N) is 1. The van der Waals surface area contributed by atoms with Crippen LogP contribution in [0.2, 0.25) is 0 Å². The van der Waals surface area contributed by atoms with Crippen molar-refractivity contribution in [2.75, 3.05) is 6.54 Å². The van der Waals surface area contributed by atoms with Gasteiger partial charge in [0.1, 0.15) is 30.2 Å². The van der Waals surface area contributed by atoms with Crippen LogP contribution < -0.4 is 10.1 Å². The van der Waals surface area contributed by atoms with Gasteiger partial charge in [0.2, 0.25) is 0 Å². The molecule has 0 unspecified atom stereocenters. The molecule has 4 rings (SSSR count). The third-order valence-electron chi connectivity index (χ3n) is 6.12. The van der Waals surface area contributed by atoms with Crippen molar-refractivity contribution >= 4 is 17.9 Å². The molecule has 1 aliphatic carbocycles. The summed E-state index contributed by atoms with van der Waals surface area (Å²) in [4.78, 5) is 38.9. The quantitative estimate of drug-likeness (QED) is 0.561. The second-order valence-corrected chi connectivity index (χ2v) is 8.12. The van der Waals surface area contributed by atoms with Crippen LogP contribution in [-0.2, 0) is 20.9 Å². The highest BCUT2D eigenvalue weighted by Crippen LogP contribution is 2.38. The van der Waals surface area contributed by atoms with E-state index in [1.165, 1.54) is 0 Å². The molecule has 1 saturated carbocycles. The summed E-state index contributed by atoms with van der Waals surface area (Å²) in [6.45, 7) is 1.55. The Morgan fingerprint density at radius 3 is 2.61 bits per heavy atom. The largest absolute Gasteiger partial charge is 0.459 e. The van der Waals surface area contributed by atoms with E-state index in [1.54, 1.807) is 12.1 Å². The van der Waals surface area contributed by atoms with Crippen LogP contribution in [0.15, 0.2) is 54.6 Å². The topological polar surface area (TPSA) is 84.9 Å². The molecule has 2 aliphatic rings. The number of hydrogen-bond acceptors (Lipinski definition) is 5. The van der Waals surface area contributed by atoms with E-state index in [-0.39, 0.29) is 18.4 Å². The van der Waals surface area contributed by atoms with Gasteiger partial charge in [-0.3, -0.25) is 14.5 Å². The minimum absolute atomic E-state index is 0.0208. The van der Waals surface area contributed by atoms with Crippen LogP contribution in [0.25, 0.3) is 0 Å². The number of para-hydroxylation sites is 2. The molecular formula is C24H26N2O5. The Morgan fingerprint density at radius 1 is 1.10 bits per heavy atom. The van der Waals surface area contributed by atoms with Gasteiger partial charge in [-0.05, 0) is 37.0 Å². The molecule has 1 N–H and O–H groups in total. The average molecular weight is 422 g/mol. The van der Waals surface area contributed by atoms with Crippen LogP contribution in [0, 0.1) is 5.92 Å². The third kappa shape index (κ3) is 4.26. The zero-order valence-corrected chi connectivity index (χ0v) is 17.5. The van der Waals surface area contributed by atoms with Crippen molar-refractivity contribution in [1.29, 1.82) is 0 Å². The van der Waals surface area contributed by atoms with E-state index in [4.69, 9.17) is 9.47 Å². The zero-order chi connectivity index (χ0) is 21.8. The molecule has 2 fully saturated rings. The van der Waals surface area contributed by atoms with Crippen LogP contribution in [-0.4, -0.2) is 34.9 Å². The molecule has 162 valence electrons. The maximum absolute atomic E-state index is 13.0. The summed E-state index contributed by atoms with van der Waals surface area (Å²) in [6, 6.07) is 16.0. The summed E-state index contributed by atoms with van der Waals surface area (Å²) >= 11 is 0. The number of benzene rings is 2. The summed E-state index contributed by atoms with van der Waals surface area (Å²) < 4.78 is 11.3. The van der Waals surface area contributed by atoms with Crippen molar-refractivity contribution in [1.82, 2.24) is 10.2 Å². The van der Waals surface area contributed by atoms with Crippen molar-refractivity contribution < 1.29 is 23.9 Å². The molecule has 0 bridgehead atoms. The van der Waals surface area contributed by atoms with E-state index < -0.39 is 24.1 Å². The summed E-state index contributed by atoms with van der Waals surface area (Å²) in [6.07, 6.45) is 3.41. The molecule has 0 radical (unpaired) electrons. The van der Waals surface area contributed by atoms with E-state index in [2.05, 4.69) is 5.32 Å². The smallest absolute Gasteiger partial charge is 0.326 e. The number of urea groups is 1. The lowest BCUT2D eigenvalue weighted by atomic mass is 9.73. The van der Waals surface area contributed by atoms with Gasteiger partial charge in [-0.15, -0.1) is 0 Å². The van der Waals surface area contributed by atoms with Crippen molar-refractivity contribution in [3.8, 4) is 11.5 Å². The highest BCUT2D eigenvalue weighted by Gasteiger charge is 2.55. The van der Waals surface area contributed by atoms with Gasteiger partial charge >= 0.3 is 12.0 Å². The minimum atomic E-state index is -0.883. The van der Waals surface area contributed by atoms with Crippen molar-refractivity contribution in [2.45, 2.75) is 44.8 Å². The van der Waals surface area contributed by atoms with Gasteiger partial charge in [0, 0.05) is 5.56 Å². The second kappa shape index (κ2) is 8.79. The first-order valence-corrected chi connectivity index (χ1v) is 10.6. The fourth-order valence-corrected chi connectivity index (χ4v) is 4.31. The van der Waals surface area contributed by atoms with Gasteiger partial charge in [0.25, 0.3) is 5.91 Å². The maximum Gasteiger partial charge on any atom is 0.326 e. The van der Waals surface area contributed by atoms with Crippen LogP contribution in [0.3, 0.4) is 0 Å². The van der Waals surface area contributed by atoms with Gasteiger partial charge in [-0.1, -0.05) is 56.2 Å². The van der Waals surface area contributed by atoms with E-state index >= 15 is 0 Å². The summed E-state index contributed by atoms with van der Waals surface area (Å²) in [7, 11) is 0. The molecule has 1 heterocycles. The van der Waals surface area contributed by atoms with Crippen molar-refractivity contribution in [2.24, 2.45) is 5.92 Å². The third-order valence-corrected chi connectivity index (χ3v) is 6.12. The van der Waals surface area contributed by atoms with E-state index in [1.807, 2.05) is 49.4 Å². The Hall–Kier alpha value is -3.35. The molecule has 7 nitrogen and oxygen atoms in total. The highest BCUT2D eigenvalue weighted by atomic mass is 16.5. The lowest BCUT2D eigenvalue weighted by Gasteiger charge is -2.36. The summed E-state index contributed by atoms with van der Waals surface area (Å²) in [5.41, 5.74) is -0.194. The standard InChI is InChI=1S/C24H26N2O5/c1-17-9-7-8-14-24(17)22(28)26(23(29)25-24)15-21(27)30-16-18-10-5-6-13-20(18)31-19-11-3-2-4-12-19/h2-6,10-13,17H,7-9,14-16H2,1H3,(H,25,29)/t17-,24+/m1/s1. The fourth-order valence-electron chi connectivity index (χ4n) is 4.31. The van der Waals surface area contributed by atoms with Crippen molar-refractivity contribution in [3.63, 3.8) is 0 Å². The highest BCUT2D eigenvalue weighted by molar-refractivity contribution is 6.08. The predicted molar refractivity (Wildman–Crippen MR) is 113 cm³/mol. The Labute approximate surface area is 181 Å². The number of carbonyl (C=O) groups excluding carboxylic acids is 3. The van der Waals surface area contributed by atoms with Gasteiger partial charge < -0.3 is 14.8 Å². The number of imide groups is 1. The van der Waals surface area contributed by atoms with E-state index in [0.29, 0.717) is 23.5 Å². The van der Waals surface area contributed by atoms with Crippen LogP contribution in [0.5, 0.6) is 11.5 Å². The molecular weight excluding hydrogens is 396 g/mol. The van der Waals surface area contributed by atoms with Crippen LogP contribution in [0.4, 0.5) is 4.79 Å². The predicted octanol–water partition coefficient (Wildman–Crippen LogP) is 4.02. The Kier molecular flexibility index (Phi) is 5.93. The monoisotopic (exact) mass is 422 g/mol.